The fourth-order valence-electron chi connectivity index (χ4n) is 1.53. The zero-order chi connectivity index (χ0) is 16.7. The van der Waals surface area contributed by atoms with Crippen LogP contribution in [0.4, 0.5) is 33.3 Å². The van der Waals surface area contributed by atoms with Crippen LogP contribution in [0.15, 0.2) is 22.7 Å². The van der Waals surface area contributed by atoms with Crippen molar-refractivity contribution >= 4 is 50.5 Å². The molecule has 1 N–H and O–H groups in total. The molecule has 2 aromatic rings. The van der Waals surface area contributed by atoms with Crippen LogP contribution in [0.2, 0.25) is 10.0 Å². The predicted octanol–water partition coefficient (Wildman–Crippen LogP) is 6.19. The van der Waals surface area contributed by atoms with E-state index in [4.69, 9.17) is 23.2 Å². The molecule has 2 nitrogen and oxygen atoms in total. The zero-order valence-electron chi connectivity index (χ0n) is 10.2. The molecule has 1 aromatic heterocycles. The topological polar surface area (TPSA) is 24.9 Å². The molecule has 0 spiro atoms. The maximum Gasteiger partial charge on any atom is 0.416 e. The molecule has 0 atom stereocenters. The largest absolute Gasteiger partial charge is 0.416 e. The van der Waals surface area contributed by atoms with E-state index in [1.807, 2.05) is 0 Å². The van der Waals surface area contributed by atoms with E-state index in [1.165, 1.54) is 0 Å². The van der Waals surface area contributed by atoms with Crippen molar-refractivity contribution in [2.45, 2.75) is 6.18 Å². The Hall–Kier alpha value is -1.12. The van der Waals surface area contributed by atoms with E-state index in [-0.39, 0.29) is 10.2 Å². The highest BCUT2D eigenvalue weighted by molar-refractivity contribution is 9.10. The fourth-order valence-corrected chi connectivity index (χ4v) is 2.29. The first kappa shape index (κ1) is 17.2. The maximum atomic E-state index is 13.3. The Balaban J connectivity index is 2.52. The zero-order valence-corrected chi connectivity index (χ0v) is 13.3. The Kier molecular flexibility index (Phi) is 4.84. The van der Waals surface area contributed by atoms with Crippen LogP contribution in [0.3, 0.4) is 0 Å². The van der Waals surface area contributed by atoms with Gasteiger partial charge < -0.3 is 5.32 Å². The number of pyridine rings is 1. The molecule has 0 saturated heterocycles. The van der Waals surface area contributed by atoms with E-state index >= 15 is 0 Å². The summed E-state index contributed by atoms with van der Waals surface area (Å²) in [7, 11) is 0. The van der Waals surface area contributed by atoms with Gasteiger partial charge in [-0.05, 0) is 34.1 Å². The Labute approximate surface area is 139 Å². The molecule has 0 saturated carbocycles. The minimum absolute atomic E-state index is 0.122. The number of benzene rings is 1. The van der Waals surface area contributed by atoms with Crippen LogP contribution in [-0.4, -0.2) is 4.98 Å². The van der Waals surface area contributed by atoms with Crippen LogP contribution in [0.1, 0.15) is 5.56 Å². The summed E-state index contributed by atoms with van der Waals surface area (Å²) in [5, 5.41) is 1.09. The van der Waals surface area contributed by atoms with Gasteiger partial charge in [0.15, 0.2) is 0 Å². The summed E-state index contributed by atoms with van der Waals surface area (Å²) in [4.78, 5) is 2.83. The first-order valence-electron chi connectivity index (χ1n) is 5.45. The van der Waals surface area contributed by atoms with Gasteiger partial charge in [0.1, 0.15) is 10.0 Å². The Morgan fingerprint density at radius 3 is 2.09 bits per heavy atom. The van der Waals surface area contributed by atoms with Crippen LogP contribution in [0, 0.1) is 11.9 Å². The van der Waals surface area contributed by atoms with Gasteiger partial charge in [0.2, 0.25) is 11.9 Å². The molecule has 2 rings (SSSR count). The monoisotopic (exact) mass is 420 g/mol. The molecule has 0 radical (unpaired) electrons. The van der Waals surface area contributed by atoms with Gasteiger partial charge in [-0.25, -0.2) is 0 Å². The van der Waals surface area contributed by atoms with Crippen molar-refractivity contribution in [1.29, 1.82) is 0 Å². The Morgan fingerprint density at radius 2 is 1.59 bits per heavy atom. The summed E-state index contributed by atoms with van der Waals surface area (Å²) in [5.74, 6) is -2.68. The number of anilines is 2. The molecule has 1 heterocycles. The van der Waals surface area contributed by atoms with Crippen molar-refractivity contribution in [3.05, 3.63) is 50.2 Å². The molecular weight excluding hydrogens is 418 g/mol. The number of alkyl halides is 3. The Bertz CT molecular complexity index is 710. The van der Waals surface area contributed by atoms with E-state index in [0.717, 1.165) is 18.2 Å². The minimum atomic E-state index is -4.58. The van der Waals surface area contributed by atoms with Gasteiger partial charge in [0, 0.05) is 4.47 Å². The van der Waals surface area contributed by atoms with Crippen molar-refractivity contribution in [2.24, 2.45) is 0 Å². The summed E-state index contributed by atoms with van der Waals surface area (Å²) in [6.07, 6.45) is -4.58. The lowest BCUT2D eigenvalue weighted by Gasteiger charge is -2.14. The lowest BCUT2D eigenvalue weighted by atomic mass is 10.2. The second kappa shape index (κ2) is 6.17. The Morgan fingerprint density at radius 1 is 1.05 bits per heavy atom. The minimum Gasteiger partial charge on any atom is -0.352 e. The number of aromatic nitrogens is 1. The van der Waals surface area contributed by atoms with Crippen molar-refractivity contribution in [1.82, 2.24) is 4.98 Å². The van der Waals surface area contributed by atoms with E-state index in [2.05, 4.69) is 26.2 Å². The van der Waals surface area contributed by atoms with Crippen molar-refractivity contribution in [2.75, 3.05) is 5.32 Å². The lowest BCUT2D eigenvalue weighted by molar-refractivity contribution is -0.137. The van der Waals surface area contributed by atoms with Gasteiger partial charge in [-0.3, -0.25) is 0 Å². The molecule has 0 aliphatic rings. The van der Waals surface area contributed by atoms with Crippen LogP contribution in [0.25, 0.3) is 0 Å². The maximum absolute atomic E-state index is 13.3. The molecule has 10 heteroatoms. The van der Waals surface area contributed by atoms with Gasteiger partial charge in [-0.2, -0.15) is 26.9 Å². The SMILES string of the molecule is Fc1nc(F)c(Cl)c(Nc2cc(C(F)(F)F)ccc2Br)c1Cl. The van der Waals surface area contributed by atoms with Crippen LogP contribution >= 0.6 is 39.1 Å². The van der Waals surface area contributed by atoms with Crippen LogP contribution in [-0.2, 0) is 6.18 Å². The predicted molar refractivity (Wildman–Crippen MR) is 76.6 cm³/mol. The highest BCUT2D eigenvalue weighted by atomic mass is 79.9. The molecule has 22 heavy (non-hydrogen) atoms. The van der Waals surface area contributed by atoms with E-state index in [0.29, 0.717) is 0 Å². The third kappa shape index (κ3) is 3.44. The number of halogens is 8. The second-order valence-corrected chi connectivity index (χ2v) is 5.62. The van der Waals surface area contributed by atoms with Gasteiger partial charge in [0.25, 0.3) is 0 Å². The molecule has 118 valence electrons. The summed E-state index contributed by atoms with van der Waals surface area (Å²) in [6, 6.07) is 2.71. The molecular formula is C12H4BrCl2F5N2. The molecule has 0 aliphatic heterocycles. The smallest absolute Gasteiger partial charge is 0.352 e. The number of nitrogens with one attached hydrogen (secondary N) is 1. The first-order valence-corrected chi connectivity index (χ1v) is 7.00. The normalized spacial score (nSPS) is 11.6. The van der Waals surface area contributed by atoms with Crippen LogP contribution in [0.5, 0.6) is 0 Å². The quantitative estimate of drug-likeness (QED) is 0.461. The molecule has 0 amide bonds. The van der Waals surface area contributed by atoms with Crippen molar-refractivity contribution in [3.8, 4) is 0 Å². The molecule has 0 aliphatic carbocycles. The number of hydrogen-bond donors (Lipinski definition) is 1. The van der Waals surface area contributed by atoms with E-state index < -0.39 is 39.4 Å². The summed E-state index contributed by atoms with van der Waals surface area (Å²) in [5.41, 5.74) is -1.50. The summed E-state index contributed by atoms with van der Waals surface area (Å²) in [6.45, 7) is 0. The number of rotatable bonds is 2. The fraction of sp³-hybridized carbons (Fsp3) is 0.0833. The first-order chi connectivity index (χ1) is 10.1. The van der Waals surface area contributed by atoms with Gasteiger partial charge >= 0.3 is 6.18 Å². The van der Waals surface area contributed by atoms with Gasteiger partial charge in [-0.1, -0.05) is 23.2 Å². The highest BCUT2D eigenvalue weighted by Gasteiger charge is 2.31. The third-order valence-corrected chi connectivity index (χ3v) is 3.93. The highest BCUT2D eigenvalue weighted by Crippen LogP contribution is 2.39. The lowest BCUT2D eigenvalue weighted by Crippen LogP contribution is -2.06. The third-order valence-electron chi connectivity index (χ3n) is 2.55. The van der Waals surface area contributed by atoms with Crippen LogP contribution < -0.4 is 5.32 Å². The standard InChI is InChI=1S/C12H4BrCl2F5N2/c13-5-2-1-4(12(18,19)20)3-6(5)21-9-7(14)10(16)22-11(17)8(9)15/h1-3H,(H,21,22). The van der Waals surface area contributed by atoms with Crippen molar-refractivity contribution < 1.29 is 22.0 Å². The molecule has 1 aromatic carbocycles. The summed E-state index contributed by atoms with van der Waals surface area (Å²) < 4.78 is 64.9. The average Bonchev–Trinajstić information content (AvgIpc) is 2.42. The average molecular weight is 422 g/mol. The molecule has 0 unspecified atom stereocenters. The number of nitrogens with zero attached hydrogens (tertiary/aromatic N) is 1. The summed E-state index contributed by atoms with van der Waals surface area (Å²) >= 11 is 14.2. The van der Waals surface area contributed by atoms with Gasteiger partial charge in [-0.15, -0.1) is 0 Å². The molecule has 0 bridgehead atoms. The molecule has 0 fully saturated rings. The second-order valence-electron chi connectivity index (χ2n) is 4.01. The van der Waals surface area contributed by atoms with Gasteiger partial charge in [0.05, 0.1) is 16.9 Å². The van der Waals surface area contributed by atoms with Crippen molar-refractivity contribution in [3.63, 3.8) is 0 Å². The van der Waals surface area contributed by atoms with E-state index in [1.54, 1.807) is 0 Å². The van der Waals surface area contributed by atoms with E-state index in [9.17, 15) is 22.0 Å². The number of hydrogen-bond acceptors (Lipinski definition) is 2.